The second kappa shape index (κ2) is 10.4. The maximum Gasteiger partial charge on any atom is 0.272 e. The van der Waals surface area contributed by atoms with Crippen molar-refractivity contribution in [1.82, 2.24) is 20.0 Å². The quantitative estimate of drug-likeness (QED) is 0.755. The molecule has 0 spiro atoms. The highest BCUT2D eigenvalue weighted by atomic mass is 35.5. The lowest BCUT2D eigenvalue weighted by Gasteiger charge is -2.33. The SMILES string of the molecule is Cl.Cn1nc(C(=O)NCC2CCN(CCC3CCCCC3)CC2)c2ccccc21. The van der Waals surface area contributed by atoms with Gasteiger partial charge in [-0.25, -0.2) is 0 Å². The van der Waals surface area contributed by atoms with Crippen LogP contribution in [0.2, 0.25) is 0 Å². The van der Waals surface area contributed by atoms with Crippen molar-refractivity contribution in [2.45, 2.75) is 51.4 Å². The summed E-state index contributed by atoms with van der Waals surface area (Å²) in [6.07, 6.45) is 11.0. The molecule has 1 aromatic heterocycles. The second-order valence-electron chi connectivity index (χ2n) is 8.78. The molecule has 2 heterocycles. The van der Waals surface area contributed by atoms with Crippen LogP contribution in [0.15, 0.2) is 24.3 Å². The van der Waals surface area contributed by atoms with E-state index < -0.39 is 0 Å². The van der Waals surface area contributed by atoms with Crippen LogP contribution in [-0.2, 0) is 7.05 Å². The molecule has 4 rings (SSSR count). The highest BCUT2D eigenvalue weighted by Gasteiger charge is 2.22. The molecule has 160 valence electrons. The standard InChI is InChI=1S/C23H34N4O.ClH/c1-26-21-10-6-5-9-20(21)22(25-26)23(28)24-17-19-12-15-27(16-13-19)14-11-18-7-3-2-4-8-18;/h5-6,9-10,18-19H,2-4,7-8,11-17H2,1H3,(H,24,28);1H. The number of carbonyl (C=O) groups excluding carboxylic acids is 1. The summed E-state index contributed by atoms with van der Waals surface area (Å²) in [6, 6.07) is 7.92. The maximum atomic E-state index is 12.7. The van der Waals surface area contributed by atoms with E-state index in [-0.39, 0.29) is 18.3 Å². The summed E-state index contributed by atoms with van der Waals surface area (Å²) in [6.45, 7) is 4.39. The monoisotopic (exact) mass is 418 g/mol. The van der Waals surface area contributed by atoms with E-state index >= 15 is 0 Å². The van der Waals surface area contributed by atoms with Crippen molar-refractivity contribution in [2.75, 3.05) is 26.2 Å². The highest BCUT2D eigenvalue weighted by molar-refractivity contribution is 6.04. The number of aromatic nitrogens is 2. The molecule has 0 atom stereocenters. The Morgan fingerprint density at radius 2 is 1.79 bits per heavy atom. The van der Waals surface area contributed by atoms with Gasteiger partial charge < -0.3 is 10.2 Å². The van der Waals surface area contributed by atoms with Gasteiger partial charge in [0.1, 0.15) is 0 Å². The third-order valence-electron chi connectivity index (χ3n) is 6.81. The van der Waals surface area contributed by atoms with Crippen molar-refractivity contribution >= 4 is 29.2 Å². The lowest BCUT2D eigenvalue weighted by molar-refractivity contribution is 0.0930. The molecular weight excluding hydrogens is 384 g/mol. The van der Waals surface area contributed by atoms with E-state index in [1.54, 1.807) is 4.68 Å². The van der Waals surface area contributed by atoms with Crippen LogP contribution in [0.4, 0.5) is 0 Å². The number of nitrogens with zero attached hydrogens (tertiary/aromatic N) is 3. The Labute approximate surface area is 180 Å². The molecule has 1 N–H and O–H groups in total. The lowest BCUT2D eigenvalue weighted by atomic mass is 9.86. The van der Waals surface area contributed by atoms with Crippen molar-refractivity contribution in [2.24, 2.45) is 18.9 Å². The van der Waals surface area contributed by atoms with Gasteiger partial charge in [0, 0.05) is 19.0 Å². The Morgan fingerprint density at radius 3 is 2.55 bits per heavy atom. The first kappa shape index (κ1) is 22.1. The van der Waals surface area contributed by atoms with Gasteiger partial charge >= 0.3 is 0 Å². The molecule has 1 aliphatic carbocycles. The number of hydrogen-bond donors (Lipinski definition) is 1. The predicted molar refractivity (Wildman–Crippen MR) is 121 cm³/mol. The van der Waals surface area contributed by atoms with Gasteiger partial charge in [-0.1, -0.05) is 50.3 Å². The normalized spacial score (nSPS) is 19.2. The number of carbonyl (C=O) groups is 1. The second-order valence-corrected chi connectivity index (χ2v) is 8.78. The van der Waals surface area contributed by atoms with Gasteiger partial charge in [0.2, 0.25) is 0 Å². The molecule has 2 aliphatic rings. The van der Waals surface area contributed by atoms with E-state index in [4.69, 9.17) is 0 Å². The van der Waals surface area contributed by atoms with Gasteiger partial charge in [0.15, 0.2) is 5.69 Å². The Hall–Kier alpha value is -1.59. The van der Waals surface area contributed by atoms with E-state index in [9.17, 15) is 4.79 Å². The zero-order valence-electron chi connectivity index (χ0n) is 17.6. The number of hydrogen-bond acceptors (Lipinski definition) is 3. The first-order valence-corrected chi connectivity index (χ1v) is 11.1. The fraction of sp³-hybridized carbons (Fsp3) is 0.652. The summed E-state index contributed by atoms with van der Waals surface area (Å²) >= 11 is 0. The largest absolute Gasteiger partial charge is 0.350 e. The van der Waals surface area contributed by atoms with Crippen molar-refractivity contribution < 1.29 is 4.79 Å². The van der Waals surface area contributed by atoms with E-state index in [0.717, 1.165) is 23.4 Å². The van der Waals surface area contributed by atoms with Crippen LogP contribution in [-0.4, -0.2) is 46.8 Å². The van der Waals surface area contributed by atoms with Crippen LogP contribution in [0.25, 0.3) is 10.9 Å². The minimum absolute atomic E-state index is 0. The van der Waals surface area contributed by atoms with E-state index in [1.165, 1.54) is 71.0 Å². The molecule has 1 aliphatic heterocycles. The molecule has 2 fully saturated rings. The summed E-state index contributed by atoms with van der Waals surface area (Å²) in [7, 11) is 1.89. The maximum absolute atomic E-state index is 12.7. The number of rotatable bonds is 6. The number of nitrogens with one attached hydrogen (secondary N) is 1. The van der Waals surface area contributed by atoms with E-state index in [0.29, 0.717) is 11.6 Å². The van der Waals surface area contributed by atoms with Gasteiger partial charge in [-0.15, -0.1) is 12.4 Å². The number of halogens is 1. The first-order valence-electron chi connectivity index (χ1n) is 11.1. The van der Waals surface area contributed by atoms with E-state index in [2.05, 4.69) is 15.3 Å². The summed E-state index contributed by atoms with van der Waals surface area (Å²) in [5.41, 5.74) is 1.54. The predicted octanol–water partition coefficient (Wildman–Crippen LogP) is 4.41. The zero-order valence-corrected chi connectivity index (χ0v) is 18.4. The van der Waals surface area contributed by atoms with Gasteiger partial charge in [-0.05, 0) is 56.8 Å². The molecule has 6 heteroatoms. The Balaban J connectivity index is 0.00000240. The number of aryl methyl sites for hydroxylation is 1. The summed E-state index contributed by atoms with van der Waals surface area (Å²) in [4.78, 5) is 15.3. The minimum atomic E-state index is -0.0449. The lowest BCUT2D eigenvalue weighted by Crippen LogP contribution is -2.39. The molecule has 1 saturated heterocycles. The number of fused-ring (bicyclic) bond motifs is 1. The molecule has 5 nitrogen and oxygen atoms in total. The molecule has 0 bridgehead atoms. The van der Waals surface area contributed by atoms with Crippen molar-refractivity contribution in [1.29, 1.82) is 0 Å². The Morgan fingerprint density at radius 1 is 1.07 bits per heavy atom. The number of amides is 1. The van der Waals surface area contributed by atoms with Crippen LogP contribution < -0.4 is 5.32 Å². The zero-order chi connectivity index (χ0) is 19.3. The molecule has 2 aromatic rings. The van der Waals surface area contributed by atoms with Crippen LogP contribution in [0.1, 0.15) is 61.9 Å². The molecule has 1 saturated carbocycles. The Bertz CT molecular complexity index is 791. The van der Waals surface area contributed by atoms with Crippen LogP contribution >= 0.6 is 12.4 Å². The average Bonchev–Trinajstić information content (AvgIpc) is 3.09. The number of piperidine rings is 1. The fourth-order valence-corrected chi connectivity index (χ4v) is 4.96. The molecule has 0 unspecified atom stereocenters. The summed E-state index contributed by atoms with van der Waals surface area (Å²) in [5, 5.41) is 8.50. The molecule has 0 radical (unpaired) electrons. The van der Waals surface area contributed by atoms with Crippen molar-refractivity contribution in [3.05, 3.63) is 30.0 Å². The molecule has 1 aromatic carbocycles. The van der Waals surface area contributed by atoms with Crippen LogP contribution in [0.5, 0.6) is 0 Å². The minimum Gasteiger partial charge on any atom is -0.350 e. The van der Waals surface area contributed by atoms with Gasteiger partial charge in [-0.2, -0.15) is 5.10 Å². The summed E-state index contributed by atoms with van der Waals surface area (Å²) in [5.74, 6) is 1.51. The number of likely N-dealkylation sites (tertiary alicyclic amines) is 1. The molecular formula is C23H35ClN4O. The summed E-state index contributed by atoms with van der Waals surface area (Å²) < 4.78 is 1.79. The van der Waals surface area contributed by atoms with E-state index in [1.807, 2.05) is 31.3 Å². The number of para-hydroxylation sites is 1. The number of benzene rings is 1. The van der Waals surface area contributed by atoms with Gasteiger partial charge in [0.05, 0.1) is 5.52 Å². The molecule has 1 amide bonds. The third kappa shape index (κ3) is 5.52. The first-order chi connectivity index (χ1) is 13.7. The fourth-order valence-electron chi connectivity index (χ4n) is 4.96. The van der Waals surface area contributed by atoms with Crippen LogP contribution in [0.3, 0.4) is 0 Å². The van der Waals surface area contributed by atoms with Crippen molar-refractivity contribution in [3.63, 3.8) is 0 Å². The Kier molecular flexibility index (Phi) is 7.96. The highest BCUT2D eigenvalue weighted by Crippen LogP contribution is 2.27. The van der Waals surface area contributed by atoms with Crippen molar-refractivity contribution in [3.8, 4) is 0 Å². The smallest absolute Gasteiger partial charge is 0.272 e. The molecule has 29 heavy (non-hydrogen) atoms. The van der Waals surface area contributed by atoms with Gasteiger partial charge in [0.25, 0.3) is 5.91 Å². The third-order valence-corrected chi connectivity index (χ3v) is 6.81. The average molecular weight is 419 g/mol. The van der Waals surface area contributed by atoms with Crippen LogP contribution in [0, 0.1) is 11.8 Å². The van der Waals surface area contributed by atoms with Gasteiger partial charge in [-0.3, -0.25) is 9.48 Å². The topological polar surface area (TPSA) is 50.2 Å².